The Balaban J connectivity index is 4.02. The standard InChI is InChI=1S/C55H107N2O6P/c1-6-8-10-12-14-16-18-19-20-21-22-23-24-25-26-27-28-29-30-31-32-33-34-35-36-37-39-41-43-45-47-49-55(59)56-53(52-63-64(60,61)62-51-50-57(3,4)5)54(58)48-46-44-42-40-38-17-15-13-11-9-7-2/h25-26,38,40,46,48,53-54,58H,6-24,27-37,39,41-45,47,49-52H2,1-5H3,(H-,56,59,60,61)/p+1/b26-25-,40-38+,48-46+. The van der Waals surface area contributed by atoms with Crippen LogP contribution < -0.4 is 5.32 Å². The highest BCUT2D eigenvalue weighted by atomic mass is 31.2. The molecule has 0 heterocycles. The molecule has 0 aliphatic rings. The zero-order valence-electron chi connectivity index (χ0n) is 43.0. The van der Waals surface area contributed by atoms with Crippen LogP contribution in [0.25, 0.3) is 0 Å². The Bertz CT molecular complexity index is 1140. The first kappa shape index (κ1) is 62.7. The molecule has 0 aromatic carbocycles. The van der Waals surface area contributed by atoms with E-state index in [1.165, 1.54) is 199 Å². The lowest BCUT2D eigenvalue weighted by Gasteiger charge is -2.25. The van der Waals surface area contributed by atoms with Crippen molar-refractivity contribution in [1.82, 2.24) is 5.32 Å². The molecule has 9 heteroatoms. The first-order valence-electron chi connectivity index (χ1n) is 27.4. The molecule has 0 saturated heterocycles. The fourth-order valence-electron chi connectivity index (χ4n) is 7.99. The number of carbonyl (C=O) groups excluding carboxylic acids is 1. The van der Waals surface area contributed by atoms with Gasteiger partial charge < -0.3 is 19.8 Å². The van der Waals surface area contributed by atoms with Gasteiger partial charge in [0.15, 0.2) is 0 Å². The summed E-state index contributed by atoms with van der Waals surface area (Å²) in [6, 6.07) is -0.860. The number of phosphoric ester groups is 1. The van der Waals surface area contributed by atoms with E-state index in [-0.39, 0.29) is 19.1 Å². The van der Waals surface area contributed by atoms with Crippen LogP contribution in [0.15, 0.2) is 36.5 Å². The lowest BCUT2D eigenvalue weighted by molar-refractivity contribution is -0.870. The zero-order valence-corrected chi connectivity index (χ0v) is 43.9. The average Bonchev–Trinajstić information content (AvgIpc) is 3.25. The molecule has 0 radical (unpaired) electrons. The fourth-order valence-corrected chi connectivity index (χ4v) is 8.73. The summed E-state index contributed by atoms with van der Waals surface area (Å²) in [5.41, 5.74) is 0. The summed E-state index contributed by atoms with van der Waals surface area (Å²) >= 11 is 0. The van der Waals surface area contributed by atoms with Gasteiger partial charge in [-0.15, -0.1) is 0 Å². The van der Waals surface area contributed by atoms with Gasteiger partial charge in [0.1, 0.15) is 13.2 Å². The van der Waals surface area contributed by atoms with Crippen LogP contribution in [-0.2, 0) is 18.4 Å². The van der Waals surface area contributed by atoms with E-state index >= 15 is 0 Å². The largest absolute Gasteiger partial charge is 0.472 e. The van der Waals surface area contributed by atoms with Crippen molar-refractivity contribution in [2.24, 2.45) is 0 Å². The van der Waals surface area contributed by atoms with E-state index in [1.807, 2.05) is 27.2 Å². The van der Waals surface area contributed by atoms with Crippen LogP contribution in [0.4, 0.5) is 0 Å². The third-order valence-electron chi connectivity index (χ3n) is 12.3. The molecule has 0 aromatic rings. The Morgan fingerprint density at radius 1 is 0.516 bits per heavy atom. The molecule has 3 N–H and O–H groups in total. The van der Waals surface area contributed by atoms with Gasteiger partial charge >= 0.3 is 7.82 Å². The van der Waals surface area contributed by atoms with Gasteiger partial charge in [0, 0.05) is 6.42 Å². The minimum Gasteiger partial charge on any atom is -0.387 e. The summed E-state index contributed by atoms with van der Waals surface area (Å²) in [5, 5.41) is 13.8. The quantitative estimate of drug-likeness (QED) is 0.0243. The molecule has 3 unspecified atom stereocenters. The second kappa shape index (κ2) is 46.8. The van der Waals surface area contributed by atoms with E-state index < -0.39 is 20.0 Å². The SMILES string of the molecule is CCCCCCC/C=C/CC/C=C/C(O)C(COP(=O)(O)OCC[N+](C)(C)C)NC(=O)CCCCCCCCCCCCCCCCC/C=C\CCCCCCCCCCCCCC. The predicted molar refractivity (Wildman–Crippen MR) is 277 cm³/mol. The Labute approximate surface area is 397 Å². The van der Waals surface area contributed by atoms with Crippen molar-refractivity contribution >= 4 is 13.7 Å². The van der Waals surface area contributed by atoms with Crippen molar-refractivity contribution in [2.75, 3.05) is 40.9 Å². The number of allylic oxidation sites excluding steroid dienone is 5. The highest BCUT2D eigenvalue weighted by Crippen LogP contribution is 2.43. The molecule has 0 saturated carbocycles. The van der Waals surface area contributed by atoms with Crippen molar-refractivity contribution in [3.63, 3.8) is 0 Å². The minimum atomic E-state index is -4.34. The highest BCUT2D eigenvalue weighted by Gasteiger charge is 2.27. The second-order valence-electron chi connectivity index (χ2n) is 19.9. The summed E-state index contributed by atoms with van der Waals surface area (Å²) in [6.07, 6.45) is 59.8. The monoisotopic (exact) mass is 924 g/mol. The van der Waals surface area contributed by atoms with Gasteiger partial charge in [-0.1, -0.05) is 230 Å². The van der Waals surface area contributed by atoms with Gasteiger partial charge in [-0.05, 0) is 57.8 Å². The summed E-state index contributed by atoms with van der Waals surface area (Å²) in [5.74, 6) is -0.186. The molecule has 0 bridgehead atoms. The lowest BCUT2D eigenvalue weighted by atomic mass is 10.0. The van der Waals surface area contributed by atoms with E-state index in [9.17, 15) is 19.4 Å². The number of nitrogens with zero attached hydrogens (tertiary/aromatic N) is 1. The Kier molecular flexibility index (Phi) is 45.9. The first-order valence-corrected chi connectivity index (χ1v) is 28.9. The molecule has 0 rings (SSSR count). The number of amides is 1. The molecular formula is C55H108N2O6P+. The minimum absolute atomic E-state index is 0.0568. The number of hydrogen-bond donors (Lipinski definition) is 3. The van der Waals surface area contributed by atoms with E-state index in [1.54, 1.807) is 6.08 Å². The van der Waals surface area contributed by atoms with E-state index in [0.717, 1.165) is 38.5 Å². The van der Waals surface area contributed by atoms with Crippen LogP contribution in [0.5, 0.6) is 0 Å². The number of rotatable bonds is 50. The number of unbranched alkanes of at least 4 members (excludes halogenated alkanes) is 33. The van der Waals surface area contributed by atoms with Crippen molar-refractivity contribution in [3.8, 4) is 0 Å². The molecule has 3 atom stereocenters. The fraction of sp³-hybridized carbons (Fsp3) is 0.873. The van der Waals surface area contributed by atoms with Crippen LogP contribution in [-0.4, -0.2) is 73.4 Å². The molecule has 0 aliphatic carbocycles. The maximum atomic E-state index is 12.9. The number of nitrogens with one attached hydrogen (secondary N) is 1. The normalized spacial score (nSPS) is 14.3. The van der Waals surface area contributed by atoms with Crippen molar-refractivity contribution in [2.45, 2.75) is 270 Å². The first-order chi connectivity index (χ1) is 31.0. The van der Waals surface area contributed by atoms with E-state index in [4.69, 9.17) is 9.05 Å². The Morgan fingerprint density at radius 2 is 0.859 bits per heavy atom. The second-order valence-corrected chi connectivity index (χ2v) is 21.4. The number of hydrogen-bond acceptors (Lipinski definition) is 5. The number of aliphatic hydroxyl groups excluding tert-OH is 1. The molecule has 0 aliphatic heterocycles. The third kappa shape index (κ3) is 48.6. The Hall–Kier alpha value is -1.28. The maximum Gasteiger partial charge on any atom is 0.472 e. The van der Waals surface area contributed by atoms with Gasteiger partial charge in [-0.3, -0.25) is 13.8 Å². The van der Waals surface area contributed by atoms with E-state index in [0.29, 0.717) is 17.4 Å². The molecule has 64 heavy (non-hydrogen) atoms. The van der Waals surface area contributed by atoms with Crippen molar-refractivity contribution < 1.29 is 32.9 Å². The topological polar surface area (TPSA) is 105 Å². The van der Waals surface area contributed by atoms with Crippen LogP contribution in [0.1, 0.15) is 258 Å². The predicted octanol–water partition coefficient (Wildman–Crippen LogP) is 16.2. The molecule has 0 spiro atoms. The summed E-state index contributed by atoms with van der Waals surface area (Å²) in [6.45, 7) is 4.78. The van der Waals surface area contributed by atoms with Gasteiger partial charge in [0.25, 0.3) is 0 Å². The maximum absolute atomic E-state index is 12.9. The molecule has 0 fully saturated rings. The molecule has 378 valence electrons. The molecule has 1 amide bonds. The van der Waals surface area contributed by atoms with Gasteiger partial charge in [0.05, 0.1) is 39.9 Å². The summed E-state index contributed by atoms with van der Waals surface area (Å²) < 4.78 is 23.6. The van der Waals surface area contributed by atoms with E-state index in [2.05, 4.69) is 43.5 Å². The zero-order chi connectivity index (χ0) is 47.1. The molecule has 8 nitrogen and oxygen atoms in total. The average molecular weight is 924 g/mol. The molecule has 0 aromatic heterocycles. The highest BCUT2D eigenvalue weighted by molar-refractivity contribution is 7.47. The number of likely N-dealkylation sites (N-methyl/N-ethyl adjacent to an activating group) is 1. The van der Waals surface area contributed by atoms with Crippen molar-refractivity contribution in [3.05, 3.63) is 36.5 Å². The van der Waals surface area contributed by atoms with Crippen LogP contribution in [0, 0.1) is 0 Å². The number of quaternary nitrogens is 1. The number of carbonyl (C=O) groups is 1. The Morgan fingerprint density at radius 3 is 1.25 bits per heavy atom. The summed E-state index contributed by atoms with van der Waals surface area (Å²) in [4.78, 5) is 23.2. The van der Waals surface area contributed by atoms with Crippen LogP contribution in [0.3, 0.4) is 0 Å². The number of aliphatic hydroxyl groups is 1. The van der Waals surface area contributed by atoms with Gasteiger partial charge in [-0.25, -0.2) is 4.57 Å². The van der Waals surface area contributed by atoms with Crippen LogP contribution in [0.2, 0.25) is 0 Å². The van der Waals surface area contributed by atoms with Crippen LogP contribution >= 0.6 is 7.82 Å². The molecular weight excluding hydrogens is 816 g/mol. The smallest absolute Gasteiger partial charge is 0.387 e. The van der Waals surface area contributed by atoms with Gasteiger partial charge in [0.2, 0.25) is 5.91 Å². The number of phosphoric acid groups is 1. The van der Waals surface area contributed by atoms with Crippen molar-refractivity contribution in [1.29, 1.82) is 0 Å². The summed E-state index contributed by atoms with van der Waals surface area (Å²) in [7, 11) is 1.56. The third-order valence-corrected chi connectivity index (χ3v) is 13.3. The van der Waals surface area contributed by atoms with Gasteiger partial charge in [-0.2, -0.15) is 0 Å². The lowest BCUT2D eigenvalue weighted by Crippen LogP contribution is -2.45.